The standard InChI is InChI=1S/C8H16N2/c1-6-7-2-3-10(6)5-8(9)4-7/h6-8H,2-5,9H2,1H3/t6-,7+,8-/m1/s1. The molecule has 2 rings (SSSR count). The number of piperidine rings is 1. The lowest BCUT2D eigenvalue weighted by Crippen LogP contribution is -2.46. The maximum atomic E-state index is 5.88. The summed E-state index contributed by atoms with van der Waals surface area (Å²) in [5.41, 5.74) is 5.88. The largest absolute Gasteiger partial charge is 0.327 e. The SMILES string of the molecule is C[C@@H]1[C@H]2CCN1C[C@H](N)C2. The number of hydrogen-bond donors (Lipinski definition) is 1. The second-order valence-electron chi connectivity index (χ2n) is 3.78. The van der Waals surface area contributed by atoms with E-state index in [0.29, 0.717) is 6.04 Å². The quantitative estimate of drug-likeness (QED) is 0.528. The Morgan fingerprint density at radius 3 is 3.00 bits per heavy atom. The zero-order valence-corrected chi connectivity index (χ0v) is 6.59. The molecule has 0 radical (unpaired) electrons. The van der Waals surface area contributed by atoms with Gasteiger partial charge in [0.15, 0.2) is 0 Å². The second-order valence-corrected chi connectivity index (χ2v) is 3.78. The van der Waals surface area contributed by atoms with E-state index in [0.717, 1.165) is 18.5 Å². The maximum absolute atomic E-state index is 5.88. The third kappa shape index (κ3) is 0.867. The number of rotatable bonds is 0. The van der Waals surface area contributed by atoms with Crippen molar-refractivity contribution in [1.29, 1.82) is 0 Å². The van der Waals surface area contributed by atoms with Crippen LogP contribution in [0.1, 0.15) is 19.8 Å². The topological polar surface area (TPSA) is 29.3 Å². The minimum absolute atomic E-state index is 0.462. The Morgan fingerprint density at radius 2 is 2.30 bits per heavy atom. The van der Waals surface area contributed by atoms with Crippen LogP contribution >= 0.6 is 0 Å². The van der Waals surface area contributed by atoms with Crippen molar-refractivity contribution in [3.05, 3.63) is 0 Å². The smallest absolute Gasteiger partial charge is 0.0171 e. The fourth-order valence-electron chi connectivity index (χ4n) is 2.41. The van der Waals surface area contributed by atoms with E-state index < -0.39 is 0 Å². The van der Waals surface area contributed by atoms with Crippen LogP contribution in [0.25, 0.3) is 0 Å². The Labute approximate surface area is 62.4 Å². The highest BCUT2D eigenvalue weighted by molar-refractivity contribution is 4.92. The summed E-state index contributed by atoms with van der Waals surface area (Å²) in [7, 11) is 0. The number of nitrogens with zero attached hydrogens (tertiary/aromatic N) is 1. The molecule has 0 amide bonds. The van der Waals surface area contributed by atoms with Crippen LogP contribution in [0.15, 0.2) is 0 Å². The van der Waals surface area contributed by atoms with Crippen molar-refractivity contribution in [2.75, 3.05) is 13.1 Å². The van der Waals surface area contributed by atoms with Crippen molar-refractivity contribution < 1.29 is 0 Å². The average molecular weight is 140 g/mol. The summed E-state index contributed by atoms with van der Waals surface area (Å²) < 4.78 is 0. The Bertz CT molecular complexity index is 121. The molecule has 10 heavy (non-hydrogen) atoms. The van der Waals surface area contributed by atoms with Gasteiger partial charge in [0.25, 0.3) is 0 Å². The van der Waals surface area contributed by atoms with Crippen molar-refractivity contribution in [3.63, 3.8) is 0 Å². The van der Waals surface area contributed by atoms with Gasteiger partial charge in [-0.05, 0) is 32.2 Å². The summed E-state index contributed by atoms with van der Waals surface area (Å²) in [5, 5.41) is 0. The fourth-order valence-corrected chi connectivity index (χ4v) is 2.41. The minimum Gasteiger partial charge on any atom is -0.327 e. The van der Waals surface area contributed by atoms with E-state index in [4.69, 9.17) is 5.73 Å². The third-order valence-electron chi connectivity index (χ3n) is 3.12. The van der Waals surface area contributed by atoms with Crippen LogP contribution in [0.4, 0.5) is 0 Å². The lowest BCUT2D eigenvalue weighted by molar-refractivity contribution is 0.172. The molecule has 2 N–H and O–H groups in total. The number of hydrogen-bond acceptors (Lipinski definition) is 2. The van der Waals surface area contributed by atoms with Crippen LogP contribution in [0.2, 0.25) is 0 Å². The van der Waals surface area contributed by atoms with Crippen LogP contribution in [-0.4, -0.2) is 30.1 Å². The van der Waals surface area contributed by atoms with Crippen LogP contribution in [0.5, 0.6) is 0 Å². The van der Waals surface area contributed by atoms with Crippen LogP contribution in [-0.2, 0) is 0 Å². The molecule has 0 aromatic rings. The number of nitrogens with two attached hydrogens (primary N) is 1. The summed E-state index contributed by atoms with van der Waals surface area (Å²) in [4.78, 5) is 2.53. The first kappa shape index (κ1) is 6.62. The highest BCUT2D eigenvalue weighted by Crippen LogP contribution is 2.31. The van der Waals surface area contributed by atoms with Crippen molar-refractivity contribution in [1.82, 2.24) is 4.90 Å². The third-order valence-corrected chi connectivity index (χ3v) is 3.12. The van der Waals surface area contributed by atoms with Crippen molar-refractivity contribution in [3.8, 4) is 0 Å². The van der Waals surface area contributed by atoms with E-state index in [1.807, 2.05) is 0 Å². The first-order valence-electron chi connectivity index (χ1n) is 4.27. The highest BCUT2D eigenvalue weighted by Gasteiger charge is 2.36. The van der Waals surface area contributed by atoms with Crippen molar-refractivity contribution in [2.24, 2.45) is 11.7 Å². The fraction of sp³-hybridized carbons (Fsp3) is 1.00. The first-order chi connectivity index (χ1) is 4.77. The molecule has 0 spiro atoms. The molecule has 0 aromatic heterocycles. The van der Waals surface area contributed by atoms with Gasteiger partial charge < -0.3 is 5.73 Å². The molecule has 2 fully saturated rings. The monoisotopic (exact) mass is 140 g/mol. The molecule has 1 unspecified atom stereocenters. The minimum atomic E-state index is 0.462. The molecule has 4 atom stereocenters. The van der Waals surface area contributed by atoms with E-state index in [2.05, 4.69) is 11.8 Å². The van der Waals surface area contributed by atoms with E-state index >= 15 is 0 Å². The highest BCUT2D eigenvalue weighted by atomic mass is 15.2. The van der Waals surface area contributed by atoms with Gasteiger partial charge >= 0.3 is 0 Å². The lowest BCUT2D eigenvalue weighted by atomic mass is 9.91. The van der Waals surface area contributed by atoms with Crippen molar-refractivity contribution in [2.45, 2.75) is 31.8 Å². The molecular formula is C8H16N2. The zero-order valence-electron chi connectivity index (χ0n) is 6.59. The Kier molecular flexibility index (Phi) is 1.46. The van der Waals surface area contributed by atoms with Gasteiger partial charge in [0, 0.05) is 18.6 Å². The van der Waals surface area contributed by atoms with Gasteiger partial charge in [-0.15, -0.1) is 0 Å². The molecule has 2 bridgehead atoms. The molecule has 2 heterocycles. The molecule has 0 saturated carbocycles. The van der Waals surface area contributed by atoms with Gasteiger partial charge in [-0.3, -0.25) is 4.90 Å². The summed E-state index contributed by atoms with van der Waals surface area (Å²) in [6, 6.07) is 1.28. The zero-order chi connectivity index (χ0) is 7.14. The Morgan fingerprint density at radius 1 is 1.50 bits per heavy atom. The molecule has 2 aliphatic rings. The van der Waals surface area contributed by atoms with E-state index in [1.165, 1.54) is 19.4 Å². The van der Waals surface area contributed by atoms with Crippen LogP contribution in [0, 0.1) is 5.92 Å². The van der Waals surface area contributed by atoms with Gasteiger partial charge in [-0.25, -0.2) is 0 Å². The summed E-state index contributed by atoms with van der Waals surface area (Å²) in [6.45, 7) is 4.76. The second kappa shape index (κ2) is 2.21. The Balaban J connectivity index is 2.09. The van der Waals surface area contributed by atoms with Crippen LogP contribution in [0.3, 0.4) is 0 Å². The van der Waals surface area contributed by atoms with Gasteiger partial charge in [0.1, 0.15) is 0 Å². The average Bonchev–Trinajstić information content (AvgIpc) is 2.20. The number of fused-ring (bicyclic) bond motifs is 2. The first-order valence-corrected chi connectivity index (χ1v) is 4.27. The van der Waals surface area contributed by atoms with E-state index in [-0.39, 0.29) is 0 Å². The van der Waals surface area contributed by atoms with Gasteiger partial charge in [0.2, 0.25) is 0 Å². The Hall–Kier alpha value is -0.0800. The molecule has 2 heteroatoms. The van der Waals surface area contributed by atoms with Crippen LogP contribution < -0.4 is 5.73 Å². The molecule has 2 aliphatic heterocycles. The lowest BCUT2D eigenvalue weighted by Gasteiger charge is -2.33. The van der Waals surface area contributed by atoms with E-state index in [1.54, 1.807) is 0 Å². The molecular weight excluding hydrogens is 124 g/mol. The van der Waals surface area contributed by atoms with Gasteiger partial charge in [-0.1, -0.05) is 0 Å². The molecule has 0 aliphatic carbocycles. The predicted molar refractivity (Wildman–Crippen MR) is 41.7 cm³/mol. The predicted octanol–water partition coefficient (Wildman–Crippen LogP) is 0.428. The maximum Gasteiger partial charge on any atom is 0.0171 e. The van der Waals surface area contributed by atoms with Gasteiger partial charge in [-0.2, -0.15) is 0 Å². The van der Waals surface area contributed by atoms with Crippen molar-refractivity contribution >= 4 is 0 Å². The molecule has 58 valence electrons. The molecule has 2 nitrogen and oxygen atoms in total. The summed E-state index contributed by atoms with van der Waals surface area (Å²) >= 11 is 0. The van der Waals surface area contributed by atoms with E-state index in [9.17, 15) is 0 Å². The summed E-state index contributed by atoms with van der Waals surface area (Å²) in [6.07, 6.45) is 2.65. The van der Waals surface area contributed by atoms with Gasteiger partial charge in [0.05, 0.1) is 0 Å². The summed E-state index contributed by atoms with van der Waals surface area (Å²) in [5.74, 6) is 0.906. The molecule has 2 saturated heterocycles. The normalized spacial score (nSPS) is 53.4. The molecule has 0 aromatic carbocycles.